The van der Waals surface area contributed by atoms with E-state index in [1.165, 1.54) is 4.90 Å². The Bertz CT molecular complexity index is 693. The number of hydrogen-bond acceptors (Lipinski definition) is 6. The van der Waals surface area contributed by atoms with Crippen LogP contribution in [0.2, 0.25) is 0 Å². The highest BCUT2D eigenvalue weighted by Gasteiger charge is 2.41. The van der Waals surface area contributed by atoms with Gasteiger partial charge >= 0.3 is 6.09 Å². The maximum Gasteiger partial charge on any atom is 0.406 e. The summed E-state index contributed by atoms with van der Waals surface area (Å²) >= 11 is 0. The number of amides is 3. The van der Waals surface area contributed by atoms with E-state index in [0.29, 0.717) is 12.2 Å². The first-order valence-electron chi connectivity index (χ1n) is 8.47. The molecule has 2 heterocycles. The molecule has 0 aliphatic carbocycles. The number of likely N-dealkylation sites (N-methyl/N-ethyl adjacent to an activating group) is 1. The number of aromatic nitrogens is 1. The molecule has 3 atom stereocenters. The fourth-order valence-electron chi connectivity index (χ4n) is 2.77. The molecule has 142 valence electrons. The van der Waals surface area contributed by atoms with Crippen LogP contribution in [-0.2, 0) is 20.7 Å². The Morgan fingerprint density at radius 1 is 1.35 bits per heavy atom. The number of carbonyl (C=O) groups excluding carboxylic acids is 3. The van der Waals surface area contributed by atoms with Crippen molar-refractivity contribution in [3.05, 3.63) is 23.9 Å². The number of nitrogens with zero attached hydrogens (tertiary/aromatic N) is 2. The normalized spacial score (nSPS) is 18.2. The summed E-state index contributed by atoms with van der Waals surface area (Å²) in [6.07, 6.45) is -0.0132. The summed E-state index contributed by atoms with van der Waals surface area (Å²) in [7, 11) is 1.66. The molecule has 0 unspecified atom stereocenters. The van der Waals surface area contributed by atoms with Gasteiger partial charge in [-0.25, -0.2) is 9.78 Å². The molecule has 0 aromatic carbocycles. The van der Waals surface area contributed by atoms with Crippen LogP contribution in [0.3, 0.4) is 0 Å². The molecule has 1 aromatic heterocycles. The van der Waals surface area contributed by atoms with E-state index in [1.807, 2.05) is 13.8 Å². The molecule has 0 spiro atoms. The van der Waals surface area contributed by atoms with Crippen molar-refractivity contribution in [1.29, 1.82) is 0 Å². The van der Waals surface area contributed by atoms with Crippen LogP contribution in [-0.4, -0.2) is 48.3 Å². The van der Waals surface area contributed by atoms with Gasteiger partial charge in [0.25, 0.3) is 5.91 Å². The van der Waals surface area contributed by atoms with E-state index in [1.54, 1.807) is 32.3 Å². The first-order chi connectivity index (χ1) is 12.3. The van der Waals surface area contributed by atoms with Gasteiger partial charge in [0.2, 0.25) is 5.91 Å². The Kier molecular flexibility index (Phi) is 6.14. The molecule has 4 N–H and O–H groups in total. The smallest absolute Gasteiger partial charge is 0.406 e. The zero-order valence-corrected chi connectivity index (χ0v) is 15.4. The molecule has 0 saturated carbocycles. The molecule has 2 rings (SSSR count). The summed E-state index contributed by atoms with van der Waals surface area (Å²) in [5.41, 5.74) is 5.91. The van der Waals surface area contributed by atoms with Crippen molar-refractivity contribution in [2.24, 2.45) is 11.7 Å². The molecule has 1 aliphatic heterocycles. The van der Waals surface area contributed by atoms with Gasteiger partial charge < -0.3 is 21.1 Å². The Balaban J connectivity index is 2.32. The number of ether oxygens (including phenoxy) is 1. The largest absolute Gasteiger partial charge is 0.425 e. The summed E-state index contributed by atoms with van der Waals surface area (Å²) < 4.78 is 5.11. The van der Waals surface area contributed by atoms with Crippen LogP contribution in [0.4, 0.5) is 10.6 Å². The fraction of sp³-hybridized carbons (Fsp3) is 0.529. The third kappa shape index (κ3) is 4.10. The van der Waals surface area contributed by atoms with Gasteiger partial charge in [0, 0.05) is 18.2 Å². The summed E-state index contributed by atoms with van der Waals surface area (Å²) in [5.74, 6) is -0.476. The zero-order chi connectivity index (χ0) is 19.4. The van der Waals surface area contributed by atoms with E-state index < -0.39 is 30.3 Å². The minimum atomic E-state index is -0.977. The van der Waals surface area contributed by atoms with E-state index in [0.717, 1.165) is 5.56 Å². The lowest BCUT2D eigenvalue weighted by molar-refractivity contribution is -0.130. The van der Waals surface area contributed by atoms with Crippen LogP contribution in [0.5, 0.6) is 0 Å². The minimum absolute atomic E-state index is 0.183. The average molecular weight is 363 g/mol. The van der Waals surface area contributed by atoms with Gasteiger partial charge in [-0.05, 0) is 26.0 Å². The number of anilines is 1. The molecule has 0 saturated heterocycles. The van der Waals surface area contributed by atoms with Crippen molar-refractivity contribution in [2.45, 2.75) is 45.5 Å². The van der Waals surface area contributed by atoms with Crippen molar-refractivity contribution >= 4 is 23.7 Å². The lowest BCUT2D eigenvalue weighted by atomic mass is 10.0. The molecule has 0 fully saturated rings. The number of nitrogens with one attached hydrogen (secondary N) is 2. The van der Waals surface area contributed by atoms with Crippen molar-refractivity contribution < 1.29 is 19.1 Å². The van der Waals surface area contributed by atoms with Gasteiger partial charge in [-0.2, -0.15) is 0 Å². The monoisotopic (exact) mass is 363 g/mol. The van der Waals surface area contributed by atoms with Gasteiger partial charge in [-0.1, -0.05) is 19.9 Å². The Labute approximate surface area is 152 Å². The highest BCUT2D eigenvalue weighted by molar-refractivity contribution is 6.01. The number of rotatable bonds is 6. The van der Waals surface area contributed by atoms with Crippen molar-refractivity contribution in [3.63, 3.8) is 0 Å². The second-order valence-electron chi connectivity index (χ2n) is 6.53. The molecule has 0 radical (unpaired) electrons. The summed E-state index contributed by atoms with van der Waals surface area (Å²) in [6, 6.07) is 2.29. The van der Waals surface area contributed by atoms with Crippen LogP contribution < -0.4 is 21.3 Å². The maximum atomic E-state index is 13.2. The molecule has 1 aliphatic rings. The Morgan fingerprint density at radius 3 is 2.62 bits per heavy atom. The van der Waals surface area contributed by atoms with E-state index in [-0.39, 0.29) is 11.8 Å². The predicted molar refractivity (Wildman–Crippen MR) is 95.2 cm³/mol. The van der Waals surface area contributed by atoms with Crippen LogP contribution in [0.25, 0.3) is 0 Å². The average Bonchev–Trinajstić information content (AvgIpc) is 2.94. The predicted octanol–water partition coefficient (Wildman–Crippen LogP) is 0.141. The van der Waals surface area contributed by atoms with Crippen LogP contribution >= 0.6 is 0 Å². The van der Waals surface area contributed by atoms with Crippen LogP contribution in [0.1, 0.15) is 26.3 Å². The second-order valence-corrected chi connectivity index (χ2v) is 6.53. The second kappa shape index (κ2) is 8.13. The topological polar surface area (TPSA) is 127 Å². The maximum absolute atomic E-state index is 13.2. The van der Waals surface area contributed by atoms with Gasteiger partial charge in [0.05, 0.1) is 6.04 Å². The van der Waals surface area contributed by atoms with Gasteiger partial charge in [-0.3, -0.25) is 14.5 Å². The first kappa shape index (κ1) is 19.6. The van der Waals surface area contributed by atoms with E-state index >= 15 is 0 Å². The highest BCUT2D eigenvalue weighted by atomic mass is 16.6. The van der Waals surface area contributed by atoms with Crippen molar-refractivity contribution in [1.82, 2.24) is 15.6 Å². The van der Waals surface area contributed by atoms with Crippen molar-refractivity contribution in [2.75, 3.05) is 11.9 Å². The number of nitrogens with two attached hydrogens (primary N) is 1. The summed E-state index contributed by atoms with van der Waals surface area (Å²) in [5, 5.41) is 5.59. The van der Waals surface area contributed by atoms with Crippen LogP contribution in [0.15, 0.2) is 18.3 Å². The molecular formula is C17H25N5O4. The SMILES string of the molecule is CN[C@@H](C)C(=O)N[C@H](C(=O)N1c2ncccc2C[C@H]1OC(N)=O)C(C)C. The third-order valence-electron chi connectivity index (χ3n) is 4.32. The summed E-state index contributed by atoms with van der Waals surface area (Å²) in [6.45, 7) is 5.35. The highest BCUT2D eigenvalue weighted by Crippen LogP contribution is 2.31. The first-order valence-corrected chi connectivity index (χ1v) is 8.47. The number of carbonyl (C=O) groups is 3. The molecular weight excluding hydrogens is 338 g/mol. The minimum Gasteiger partial charge on any atom is -0.425 e. The lowest BCUT2D eigenvalue weighted by Crippen LogP contribution is -2.56. The molecule has 1 aromatic rings. The van der Waals surface area contributed by atoms with E-state index in [2.05, 4.69) is 15.6 Å². The van der Waals surface area contributed by atoms with Gasteiger partial charge in [0.1, 0.15) is 11.9 Å². The zero-order valence-electron chi connectivity index (χ0n) is 15.4. The third-order valence-corrected chi connectivity index (χ3v) is 4.32. The molecule has 0 bridgehead atoms. The Hall–Kier alpha value is -2.68. The molecule has 9 nitrogen and oxygen atoms in total. The van der Waals surface area contributed by atoms with Crippen LogP contribution in [0, 0.1) is 5.92 Å². The number of hydrogen-bond donors (Lipinski definition) is 3. The molecule has 9 heteroatoms. The van der Waals surface area contributed by atoms with Crippen molar-refractivity contribution in [3.8, 4) is 0 Å². The quantitative estimate of drug-likeness (QED) is 0.660. The molecule has 3 amide bonds. The molecule has 26 heavy (non-hydrogen) atoms. The Morgan fingerprint density at radius 2 is 2.04 bits per heavy atom. The van der Waals surface area contributed by atoms with Gasteiger partial charge in [0.15, 0.2) is 6.23 Å². The standard InChI is InChI=1S/C17H25N5O4/c1-9(2)13(21-15(23)10(3)19-4)16(24)22-12(26-17(18)25)8-11-6-5-7-20-14(11)22/h5-7,9-10,12-13,19H,8H2,1-4H3,(H2,18,25)(H,21,23)/t10-,12+,13-/m0/s1. The fourth-order valence-corrected chi connectivity index (χ4v) is 2.77. The lowest BCUT2D eigenvalue weighted by Gasteiger charge is -2.30. The van der Waals surface area contributed by atoms with Gasteiger partial charge in [-0.15, -0.1) is 0 Å². The number of pyridine rings is 1. The van der Waals surface area contributed by atoms with E-state index in [9.17, 15) is 14.4 Å². The van der Waals surface area contributed by atoms with E-state index in [4.69, 9.17) is 10.5 Å². The number of fused-ring (bicyclic) bond motifs is 1. The summed E-state index contributed by atoms with van der Waals surface area (Å²) in [4.78, 5) is 42.2. The number of primary amides is 1.